The van der Waals surface area contributed by atoms with Gasteiger partial charge in [0.1, 0.15) is 5.75 Å². The van der Waals surface area contributed by atoms with Crippen molar-refractivity contribution in [2.45, 2.75) is 10.9 Å². The summed E-state index contributed by atoms with van der Waals surface area (Å²) in [5.74, 6) is 2.09. The summed E-state index contributed by atoms with van der Waals surface area (Å²) in [5.41, 5.74) is 1.40. The normalized spacial score (nSPS) is 11.0. The SMILES string of the molecule is COc1cccc(-c2noc(CSc3nc4ccccc4c(=O)n3C)n2)c1. The highest BCUT2D eigenvalue weighted by Crippen LogP contribution is 2.24. The van der Waals surface area contributed by atoms with Gasteiger partial charge in [0, 0.05) is 12.6 Å². The van der Waals surface area contributed by atoms with Gasteiger partial charge in [0.15, 0.2) is 5.16 Å². The molecule has 0 atom stereocenters. The summed E-state index contributed by atoms with van der Waals surface area (Å²) in [6.07, 6.45) is 0. The van der Waals surface area contributed by atoms with Crippen molar-refractivity contribution in [2.24, 2.45) is 7.05 Å². The van der Waals surface area contributed by atoms with Crippen molar-refractivity contribution in [3.63, 3.8) is 0 Å². The number of aromatic nitrogens is 4. The van der Waals surface area contributed by atoms with E-state index in [1.165, 1.54) is 16.3 Å². The number of hydrogen-bond donors (Lipinski definition) is 0. The third-order valence-corrected chi connectivity index (χ3v) is 5.08. The van der Waals surface area contributed by atoms with Crippen molar-refractivity contribution < 1.29 is 9.26 Å². The molecule has 0 N–H and O–H groups in total. The molecule has 0 aliphatic rings. The number of rotatable bonds is 5. The van der Waals surface area contributed by atoms with Crippen molar-refractivity contribution in [1.82, 2.24) is 19.7 Å². The van der Waals surface area contributed by atoms with Crippen LogP contribution in [0.5, 0.6) is 5.75 Å². The summed E-state index contributed by atoms with van der Waals surface area (Å²) in [6.45, 7) is 0. The Kier molecular flexibility index (Phi) is 4.64. The zero-order valence-corrected chi connectivity index (χ0v) is 15.6. The van der Waals surface area contributed by atoms with Crippen molar-refractivity contribution in [2.75, 3.05) is 7.11 Å². The number of ether oxygens (including phenoxy) is 1. The van der Waals surface area contributed by atoms with E-state index < -0.39 is 0 Å². The molecule has 7 nitrogen and oxygen atoms in total. The van der Waals surface area contributed by atoms with E-state index in [4.69, 9.17) is 9.26 Å². The molecule has 8 heteroatoms. The molecule has 0 amide bonds. The summed E-state index contributed by atoms with van der Waals surface area (Å²) in [7, 11) is 3.32. The van der Waals surface area contributed by atoms with Crippen LogP contribution in [0.2, 0.25) is 0 Å². The summed E-state index contributed by atoms with van der Waals surface area (Å²) in [5, 5.41) is 5.22. The predicted molar refractivity (Wildman–Crippen MR) is 103 cm³/mol. The molecule has 0 bridgehead atoms. The number of hydrogen-bond acceptors (Lipinski definition) is 7. The van der Waals surface area contributed by atoms with Crippen LogP contribution in [0.1, 0.15) is 5.89 Å². The highest BCUT2D eigenvalue weighted by atomic mass is 32.2. The Balaban J connectivity index is 1.56. The summed E-state index contributed by atoms with van der Waals surface area (Å²) < 4.78 is 12.1. The maximum absolute atomic E-state index is 12.5. The topological polar surface area (TPSA) is 83.0 Å². The molecule has 0 saturated carbocycles. The average molecular weight is 380 g/mol. The molecule has 2 aromatic carbocycles. The Morgan fingerprint density at radius 1 is 1.15 bits per heavy atom. The van der Waals surface area contributed by atoms with Crippen LogP contribution < -0.4 is 10.3 Å². The fourth-order valence-electron chi connectivity index (χ4n) is 2.65. The monoisotopic (exact) mass is 380 g/mol. The first-order valence-electron chi connectivity index (χ1n) is 8.21. The summed E-state index contributed by atoms with van der Waals surface area (Å²) >= 11 is 1.38. The standard InChI is InChI=1S/C19H16N4O3S/c1-23-18(24)14-8-3-4-9-15(14)20-19(23)27-11-16-21-17(22-26-16)12-6-5-7-13(10-12)25-2/h3-10H,11H2,1-2H3. The van der Waals surface area contributed by atoms with Crippen LogP contribution in [0.15, 0.2) is 63.0 Å². The molecule has 4 rings (SSSR count). The quantitative estimate of drug-likeness (QED) is 0.388. The Hall–Kier alpha value is -3.13. The maximum atomic E-state index is 12.5. The van der Waals surface area contributed by atoms with E-state index in [1.807, 2.05) is 42.5 Å². The minimum atomic E-state index is -0.0781. The van der Waals surface area contributed by atoms with Gasteiger partial charge in [-0.1, -0.05) is 41.2 Å². The van der Waals surface area contributed by atoms with Gasteiger partial charge in [0.2, 0.25) is 11.7 Å². The predicted octanol–water partition coefficient (Wildman–Crippen LogP) is 3.28. The molecule has 27 heavy (non-hydrogen) atoms. The lowest BCUT2D eigenvalue weighted by atomic mass is 10.2. The molecule has 0 aliphatic heterocycles. The second-order valence-electron chi connectivity index (χ2n) is 5.81. The van der Waals surface area contributed by atoms with Crippen molar-refractivity contribution in [3.8, 4) is 17.1 Å². The zero-order chi connectivity index (χ0) is 18.8. The summed E-state index contributed by atoms with van der Waals surface area (Å²) in [4.78, 5) is 21.4. The lowest BCUT2D eigenvalue weighted by Gasteiger charge is -2.07. The minimum Gasteiger partial charge on any atom is -0.497 e. The van der Waals surface area contributed by atoms with Crippen LogP contribution in [0.25, 0.3) is 22.3 Å². The molecular formula is C19H16N4O3S. The van der Waals surface area contributed by atoms with E-state index in [9.17, 15) is 4.79 Å². The van der Waals surface area contributed by atoms with Gasteiger partial charge in [-0.15, -0.1) is 0 Å². The number of methoxy groups -OCH3 is 1. The Morgan fingerprint density at radius 2 is 2.00 bits per heavy atom. The van der Waals surface area contributed by atoms with Crippen molar-refractivity contribution in [1.29, 1.82) is 0 Å². The number of benzene rings is 2. The lowest BCUT2D eigenvalue weighted by molar-refractivity contribution is 0.391. The molecular weight excluding hydrogens is 364 g/mol. The number of thioether (sulfide) groups is 1. The van der Waals surface area contributed by atoms with Crippen LogP contribution >= 0.6 is 11.8 Å². The molecule has 0 unspecified atom stereocenters. The molecule has 2 aromatic heterocycles. The Morgan fingerprint density at radius 3 is 2.85 bits per heavy atom. The molecule has 0 fully saturated rings. The molecule has 4 aromatic rings. The van der Waals surface area contributed by atoms with Crippen LogP contribution in [0.3, 0.4) is 0 Å². The zero-order valence-electron chi connectivity index (χ0n) is 14.7. The smallest absolute Gasteiger partial charge is 0.261 e. The fourth-order valence-corrected chi connectivity index (χ4v) is 3.46. The van der Waals surface area contributed by atoms with E-state index in [-0.39, 0.29) is 5.56 Å². The van der Waals surface area contributed by atoms with Gasteiger partial charge in [0.05, 0.1) is 23.8 Å². The van der Waals surface area contributed by atoms with Gasteiger partial charge in [-0.3, -0.25) is 9.36 Å². The molecule has 0 radical (unpaired) electrons. The highest BCUT2D eigenvalue weighted by molar-refractivity contribution is 7.98. The first-order chi connectivity index (χ1) is 13.2. The van der Waals surface area contributed by atoms with E-state index in [1.54, 1.807) is 20.2 Å². The van der Waals surface area contributed by atoms with E-state index >= 15 is 0 Å². The van der Waals surface area contributed by atoms with Crippen LogP contribution in [-0.4, -0.2) is 26.8 Å². The Bertz CT molecular complexity index is 1170. The van der Waals surface area contributed by atoms with Gasteiger partial charge >= 0.3 is 0 Å². The second kappa shape index (κ2) is 7.24. The van der Waals surface area contributed by atoms with Crippen LogP contribution in [-0.2, 0) is 12.8 Å². The average Bonchev–Trinajstić information content (AvgIpc) is 3.19. The van der Waals surface area contributed by atoms with E-state index in [0.29, 0.717) is 33.5 Å². The van der Waals surface area contributed by atoms with Crippen molar-refractivity contribution in [3.05, 3.63) is 64.8 Å². The fraction of sp³-hybridized carbons (Fsp3) is 0.158. The second-order valence-corrected chi connectivity index (χ2v) is 6.75. The van der Waals surface area contributed by atoms with Gasteiger partial charge in [-0.05, 0) is 24.3 Å². The van der Waals surface area contributed by atoms with Crippen molar-refractivity contribution >= 4 is 22.7 Å². The number of nitrogens with zero attached hydrogens (tertiary/aromatic N) is 4. The van der Waals surface area contributed by atoms with Crippen LogP contribution in [0, 0.1) is 0 Å². The summed E-state index contributed by atoms with van der Waals surface area (Å²) in [6, 6.07) is 14.7. The maximum Gasteiger partial charge on any atom is 0.261 e. The molecule has 0 saturated heterocycles. The molecule has 136 valence electrons. The third-order valence-electron chi connectivity index (χ3n) is 4.06. The Labute approximate surface area is 159 Å². The van der Waals surface area contributed by atoms with Gasteiger partial charge < -0.3 is 9.26 Å². The van der Waals surface area contributed by atoms with E-state index in [0.717, 1.165) is 11.3 Å². The largest absolute Gasteiger partial charge is 0.497 e. The number of para-hydroxylation sites is 1. The molecule has 2 heterocycles. The highest BCUT2D eigenvalue weighted by Gasteiger charge is 2.13. The molecule has 0 aliphatic carbocycles. The molecule has 0 spiro atoms. The van der Waals surface area contributed by atoms with E-state index in [2.05, 4.69) is 15.1 Å². The van der Waals surface area contributed by atoms with Crippen LogP contribution in [0.4, 0.5) is 0 Å². The van der Waals surface area contributed by atoms with Gasteiger partial charge in [0.25, 0.3) is 5.56 Å². The number of fused-ring (bicyclic) bond motifs is 1. The third kappa shape index (κ3) is 3.43. The van der Waals surface area contributed by atoms with Gasteiger partial charge in [-0.25, -0.2) is 4.98 Å². The minimum absolute atomic E-state index is 0.0781. The lowest BCUT2D eigenvalue weighted by Crippen LogP contribution is -2.19. The van der Waals surface area contributed by atoms with Gasteiger partial charge in [-0.2, -0.15) is 4.98 Å². The first-order valence-corrected chi connectivity index (χ1v) is 9.20. The first kappa shape index (κ1) is 17.3.